The third kappa shape index (κ3) is 4.04. The number of benzene rings is 4. The molecule has 1 fully saturated rings. The van der Waals surface area contributed by atoms with Crippen LogP contribution in [-0.4, -0.2) is 30.3 Å². The molecule has 0 aromatic heterocycles. The highest BCUT2D eigenvalue weighted by atomic mass is 16.5. The predicted octanol–water partition coefficient (Wildman–Crippen LogP) is 5.12. The Morgan fingerprint density at radius 3 is 1.81 bits per heavy atom. The molecule has 1 N–H and O–H groups in total. The number of nitrogens with one attached hydrogen (secondary N) is 1. The van der Waals surface area contributed by atoms with Crippen LogP contribution in [0.4, 0.5) is 5.69 Å². The molecule has 1 heterocycles. The van der Waals surface area contributed by atoms with Gasteiger partial charge in [0.2, 0.25) is 11.8 Å². The van der Waals surface area contributed by atoms with Crippen molar-refractivity contribution in [2.45, 2.75) is 24.8 Å². The average molecular weight is 557 g/mol. The van der Waals surface area contributed by atoms with E-state index in [9.17, 15) is 19.2 Å². The van der Waals surface area contributed by atoms with E-state index in [1.807, 2.05) is 61.5 Å². The monoisotopic (exact) mass is 556 g/mol. The number of hydrogen-bond donors (Lipinski definition) is 1. The van der Waals surface area contributed by atoms with E-state index in [1.54, 1.807) is 18.2 Å². The van der Waals surface area contributed by atoms with Crippen molar-refractivity contribution in [2.75, 3.05) is 11.5 Å². The van der Waals surface area contributed by atoms with Gasteiger partial charge in [-0.3, -0.25) is 14.4 Å². The summed E-state index contributed by atoms with van der Waals surface area (Å²) >= 11 is 0. The van der Waals surface area contributed by atoms with Crippen LogP contribution in [0.15, 0.2) is 103 Å². The summed E-state index contributed by atoms with van der Waals surface area (Å²) in [6.45, 7) is 1.40. The molecule has 7 heteroatoms. The second-order valence-electron chi connectivity index (χ2n) is 11.1. The number of imide groups is 1. The van der Waals surface area contributed by atoms with Crippen LogP contribution in [0.5, 0.6) is 0 Å². The number of anilines is 1. The van der Waals surface area contributed by atoms with Gasteiger partial charge in [-0.2, -0.15) is 0 Å². The Morgan fingerprint density at radius 1 is 0.738 bits per heavy atom. The maximum atomic E-state index is 14.0. The summed E-state index contributed by atoms with van der Waals surface area (Å²) in [4.78, 5) is 54.6. The van der Waals surface area contributed by atoms with Crippen LogP contribution in [0, 0.1) is 11.8 Å². The number of ether oxygens (including phenoxy) is 1. The standard InChI is InChI=1S/C35H28N2O5/c1-20(21-10-3-2-4-11-21)36-28(38)19-42-35(41)22-12-9-13-23(18-22)37-33(39)31-29-24-14-5-6-15-25(24)30(32(31)34(37)40)27-17-8-7-16-26(27)29/h2-18,20,29-32H,19H2,1H3,(H,36,38)/t20-,29?,30?,31+,32+/m0/s1. The molecule has 4 aromatic rings. The second-order valence-corrected chi connectivity index (χ2v) is 11.1. The predicted molar refractivity (Wildman–Crippen MR) is 156 cm³/mol. The van der Waals surface area contributed by atoms with Crippen molar-refractivity contribution in [3.05, 3.63) is 137 Å². The smallest absolute Gasteiger partial charge is 0.338 e. The Balaban J connectivity index is 1.11. The molecular weight excluding hydrogens is 528 g/mol. The number of amides is 3. The number of carbonyl (C=O) groups excluding carboxylic acids is 4. The van der Waals surface area contributed by atoms with Gasteiger partial charge in [0.15, 0.2) is 6.61 Å². The van der Waals surface area contributed by atoms with E-state index >= 15 is 0 Å². The molecule has 7 nitrogen and oxygen atoms in total. The van der Waals surface area contributed by atoms with Crippen molar-refractivity contribution < 1.29 is 23.9 Å². The van der Waals surface area contributed by atoms with E-state index in [0.29, 0.717) is 5.69 Å². The minimum atomic E-state index is -0.712. The SMILES string of the molecule is C[C@H](NC(=O)COC(=O)c1cccc(N2C(=O)[C@@H]3C4c5ccccc5C(c5ccccc54)[C@H]3C2=O)c1)c1ccccc1. The molecule has 0 unspecified atom stereocenters. The van der Waals surface area contributed by atoms with Crippen molar-refractivity contribution in [3.63, 3.8) is 0 Å². The van der Waals surface area contributed by atoms with Crippen LogP contribution >= 0.6 is 0 Å². The van der Waals surface area contributed by atoms with E-state index in [4.69, 9.17) is 4.74 Å². The van der Waals surface area contributed by atoms with E-state index < -0.39 is 30.3 Å². The maximum Gasteiger partial charge on any atom is 0.338 e. The lowest BCUT2D eigenvalue weighted by Crippen LogP contribution is -2.41. The molecular formula is C35H28N2O5. The largest absolute Gasteiger partial charge is 0.452 e. The molecule has 42 heavy (non-hydrogen) atoms. The van der Waals surface area contributed by atoms with Gasteiger partial charge in [-0.15, -0.1) is 0 Å². The van der Waals surface area contributed by atoms with Crippen molar-refractivity contribution in [2.24, 2.45) is 11.8 Å². The van der Waals surface area contributed by atoms with Gasteiger partial charge in [0.05, 0.1) is 29.1 Å². The van der Waals surface area contributed by atoms with Gasteiger partial charge in [-0.05, 0) is 52.9 Å². The fourth-order valence-electron chi connectivity index (χ4n) is 7.03. The topological polar surface area (TPSA) is 92.8 Å². The van der Waals surface area contributed by atoms with Crippen LogP contribution in [0.25, 0.3) is 0 Å². The van der Waals surface area contributed by atoms with Crippen LogP contribution in [0.2, 0.25) is 0 Å². The molecule has 0 radical (unpaired) electrons. The highest BCUT2D eigenvalue weighted by Crippen LogP contribution is 2.61. The number of carbonyl (C=O) groups is 4. The minimum absolute atomic E-state index is 0.154. The molecule has 3 aliphatic carbocycles. The zero-order valence-electron chi connectivity index (χ0n) is 22.9. The summed E-state index contributed by atoms with van der Waals surface area (Å²) in [7, 11) is 0. The molecule has 3 amide bonds. The van der Waals surface area contributed by atoms with Gasteiger partial charge in [-0.1, -0.05) is 84.9 Å². The Hall–Kier alpha value is -5.04. The fourth-order valence-corrected chi connectivity index (χ4v) is 7.03. The number of rotatable bonds is 6. The van der Waals surface area contributed by atoms with Crippen molar-refractivity contribution in [1.29, 1.82) is 0 Å². The number of nitrogens with zero attached hydrogens (tertiary/aromatic N) is 1. The summed E-state index contributed by atoms with van der Waals surface area (Å²) in [5.74, 6) is -3.11. The van der Waals surface area contributed by atoms with Crippen molar-refractivity contribution in [1.82, 2.24) is 5.32 Å². The summed E-state index contributed by atoms with van der Waals surface area (Å²) in [5.41, 5.74) is 5.81. The normalized spacial score (nSPS) is 22.2. The van der Waals surface area contributed by atoms with Gasteiger partial charge in [0.25, 0.3) is 5.91 Å². The molecule has 1 saturated heterocycles. The summed E-state index contributed by atoms with van der Waals surface area (Å²) in [6, 6.07) is 31.7. The van der Waals surface area contributed by atoms with Crippen LogP contribution < -0.4 is 10.2 Å². The van der Waals surface area contributed by atoms with Gasteiger partial charge in [0, 0.05) is 11.8 Å². The molecule has 0 spiro atoms. The van der Waals surface area contributed by atoms with Gasteiger partial charge in [0.1, 0.15) is 0 Å². The first kappa shape index (κ1) is 25.9. The quantitative estimate of drug-likeness (QED) is 0.263. The first-order valence-electron chi connectivity index (χ1n) is 14.1. The average Bonchev–Trinajstić information content (AvgIpc) is 3.30. The van der Waals surface area contributed by atoms with Gasteiger partial charge in [-0.25, -0.2) is 9.69 Å². The molecule has 8 rings (SSSR count). The maximum absolute atomic E-state index is 14.0. The Bertz CT molecular complexity index is 1630. The Labute approximate surface area is 243 Å². The highest BCUT2D eigenvalue weighted by Gasteiger charge is 2.61. The van der Waals surface area contributed by atoms with Gasteiger partial charge >= 0.3 is 5.97 Å². The van der Waals surface area contributed by atoms with Crippen LogP contribution in [0.3, 0.4) is 0 Å². The lowest BCUT2D eigenvalue weighted by Gasteiger charge is -2.45. The van der Waals surface area contributed by atoms with E-state index in [0.717, 1.165) is 27.8 Å². The summed E-state index contributed by atoms with van der Waals surface area (Å²) < 4.78 is 5.28. The molecule has 4 aromatic carbocycles. The molecule has 1 aliphatic heterocycles. The second kappa shape index (κ2) is 10.1. The van der Waals surface area contributed by atoms with Crippen LogP contribution in [0.1, 0.15) is 63.0 Å². The highest BCUT2D eigenvalue weighted by molar-refractivity contribution is 6.23. The van der Waals surface area contributed by atoms with Gasteiger partial charge < -0.3 is 10.1 Å². The van der Waals surface area contributed by atoms with Crippen molar-refractivity contribution >= 4 is 29.4 Å². The van der Waals surface area contributed by atoms with E-state index in [1.165, 1.54) is 11.0 Å². The van der Waals surface area contributed by atoms with E-state index in [-0.39, 0.29) is 35.3 Å². The lowest BCUT2D eigenvalue weighted by atomic mass is 9.55. The summed E-state index contributed by atoms with van der Waals surface area (Å²) in [5, 5.41) is 2.81. The molecule has 4 aliphatic rings. The molecule has 0 saturated carbocycles. The zero-order chi connectivity index (χ0) is 29.0. The lowest BCUT2D eigenvalue weighted by molar-refractivity contribution is -0.125. The first-order valence-corrected chi connectivity index (χ1v) is 14.1. The minimum Gasteiger partial charge on any atom is -0.452 e. The number of hydrogen-bond acceptors (Lipinski definition) is 5. The number of esters is 1. The van der Waals surface area contributed by atoms with E-state index in [2.05, 4.69) is 29.6 Å². The fraction of sp³-hybridized carbons (Fsp3) is 0.200. The first-order chi connectivity index (χ1) is 20.4. The Kier molecular flexibility index (Phi) is 6.23. The zero-order valence-corrected chi connectivity index (χ0v) is 22.9. The third-order valence-corrected chi connectivity index (χ3v) is 8.80. The van der Waals surface area contributed by atoms with Crippen molar-refractivity contribution in [3.8, 4) is 0 Å². The molecule has 2 bridgehead atoms. The van der Waals surface area contributed by atoms with Crippen LogP contribution in [-0.2, 0) is 19.1 Å². The summed E-state index contributed by atoms with van der Waals surface area (Å²) in [6.07, 6.45) is 0. The molecule has 3 atom stereocenters. The Morgan fingerprint density at radius 2 is 1.26 bits per heavy atom. The third-order valence-electron chi connectivity index (χ3n) is 8.80. The molecule has 208 valence electrons.